The van der Waals surface area contributed by atoms with Crippen LogP contribution in [0.4, 0.5) is 5.69 Å². The van der Waals surface area contributed by atoms with Crippen LogP contribution in [0.1, 0.15) is 41.2 Å². The van der Waals surface area contributed by atoms with E-state index in [0.29, 0.717) is 12.2 Å². The number of anilines is 1. The minimum Gasteiger partial charge on any atom is -0.354 e. The standard InChI is InChI=1S/C36H41N3O4S/c1-5-22-37-36(41)34(24-30-12-8-6-9-13-30)38(25-31-20-17-27(2)18-21-31)35(40)26-39(33-23-28(3)16-19-29(33)4)44(42,43)32-14-10-7-11-15-32/h6-21,23,34H,5,22,24-26H2,1-4H3,(H,37,41). The lowest BCUT2D eigenvalue weighted by atomic mass is 10.0. The molecule has 1 atom stereocenters. The number of nitrogens with zero attached hydrogens (tertiary/aromatic N) is 2. The maximum atomic E-state index is 14.5. The lowest BCUT2D eigenvalue weighted by molar-refractivity contribution is -0.140. The second-order valence-electron chi connectivity index (χ2n) is 11.1. The Hall–Kier alpha value is -4.43. The highest BCUT2D eigenvalue weighted by Crippen LogP contribution is 2.29. The van der Waals surface area contributed by atoms with Crippen molar-refractivity contribution in [2.24, 2.45) is 0 Å². The molecule has 2 amide bonds. The van der Waals surface area contributed by atoms with Crippen molar-refractivity contribution in [3.05, 3.63) is 131 Å². The molecule has 0 heterocycles. The van der Waals surface area contributed by atoms with Crippen LogP contribution in [0.3, 0.4) is 0 Å². The van der Waals surface area contributed by atoms with E-state index in [1.165, 1.54) is 21.3 Å². The lowest BCUT2D eigenvalue weighted by Crippen LogP contribution is -2.53. The average Bonchev–Trinajstić information content (AvgIpc) is 3.03. The number of carbonyl (C=O) groups is 2. The monoisotopic (exact) mass is 611 g/mol. The van der Waals surface area contributed by atoms with Crippen LogP contribution >= 0.6 is 0 Å². The lowest BCUT2D eigenvalue weighted by Gasteiger charge is -2.34. The fourth-order valence-corrected chi connectivity index (χ4v) is 6.52. The van der Waals surface area contributed by atoms with Gasteiger partial charge in [0.05, 0.1) is 10.6 Å². The summed E-state index contributed by atoms with van der Waals surface area (Å²) in [4.78, 5) is 29.9. The predicted molar refractivity (Wildman–Crippen MR) is 176 cm³/mol. The summed E-state index contributed by atoms with van der Waals surface area (Å²) in [6.07, 6.45) is 1.02. The predicted octanol–water partition coefficient (Wildman–Crippen LogP) is 5.97. The minimum atomic E-state index is -4.13. The molecule has 0 aliphatic heterocycles. The molecule has 44 heavy (non-hydrogen) atoms. The molecule has 4 rings (SSSR count). The number of benzene rings is 4. The highest BCUT2D eigenvalue weighted by Gasteiger charge is 2.35. The van der Waals surface area contributed by atoms with Gasteiger partial charge < -0.3 is 10.2 Å². The number of sulfonamides is 1. The Morgan fingerprint density at radius 3 is 2.02 bits per heavy atom. The van der Waals surface area contributed by atoms with Crippen molar-refractivity contribution in [3.8, 4) is 0 Å². The third-order valence-electron chi connectivity index (χ3n) is 7.54. The fourth-order valence-electron chi connectivity index (χ4n) is 5.03. The van der Waals surface area contributed by atoms with Crippen molar-refractivity contribution < 1.29 is 18.0 Å². The zero-order chi connectivity index (χ0) is 31.7. The van der Waals surface area contributed by atoms with E-state index >= 15 is 0 Å². The SMILES string of the molecule is CCCNC(=O)C(Cc1ccccc1)N(Cc1ccc(C)cc1)C(=O)CN(c1cc(C)ccc1C)S(=O)(=O)c1ccccc1. The number of carbonyl (C=O) groups excluding carboxylic acids is 2. The molecule has 1 unspecified atom stereocenters. The van der Waals surface area contributed by atoms with Crippen LogP contribution in [-0.4, -0.2) is 44.3 Å². The fraction of sp³-hybridized carbons (Fsp3) is 0.278. The molecule has 0 aliphatic rings. The molecule has 4 aromatic carbocycles. The molecular formula is C36H41N3O4S. The van der Waals surface area contributed by atoms with E-state index in [4.69, 9.17) is 0 Å². The van der Waals surface area contributed by atoms with Crippen LogP contribution in [0.25, 0.3) is 0 Å². The number of hydrogen-bond donors (Lipinski definition) is 1. The summed E-state index contributed by atoms with van der Waals surface area (Å²) < 4.78 is 29.5. The summed E-state index contributed by atoms with van der Waals surface area (Å²) in [5.41, 5.74) is 4.82. The zero-order valence-electron chi connectivity index (χ0n) is 25.9. The summed E-state index contributed by atoms with van der Waals surface area (Å²) in [5, 5.41) is 2.98. The second-order valence-corrected chi connectivity index (χ2v) is 13.0. The molecule has 0 saturated heterocycles. The molecule has 4 aromatic rings. The first-order valence-electron chi connectivity index (χ1n) is 14.9. The van der Waals surface area contributed by atoms with Crippen LogP contribution in [-0.2, 0) is 32.6 Å². The molecule has 0 spiro atoms. The molecular weight excluding hydrogens is 570 g/mol. The van der Waals surface area contributed by atoms with Crippen molar-refractivity contribution >= 4 is 27.5 Å². The number of amides is 2. The van der Waals surface area contributed by atoms with Crippen LogP contribution in [0, 0.1) is 20.8 Å². The highest BCUT2D eigenvalue weighted by atomic mass is 32.2. The normalized spacial score (nSPS) is 11.9. The summed E-state index contributed by atoms with van der Waals surface area (Å²) >= 11 is 0. The van der Waals surface area contributed by atoms with E-state index in [0.717, 1.165) is 34.2 Å². The van der Waals surface area contributed by atoms with E-state index in [1.54, 1.807) is 24.3 Å². The van der Waals surface area contributed by atoms with Gasteiger partial charge in [-0.3, -0.25) is 13.9 Å². The van der Waals surface area contributed by atoms with Gasteiger partial charge in [0, 0.05) is 19.5 Å². The van der Waals surface area contributed by atoms with E-state index in [-0.39, 0.29) is 23.8 Å². The Labute approximate surface area is 261 Å². The van der Waals surface area contributed by atoms with Crippen molar-refractivity contribution in [2.45, 2.75) is 58.0 Å². The maximum Gasteiger partial charge on any atom is 0.264 e. The molecule has 0 saturated carbocycles. The Kier molecular flexibility index (Phi) is 11.0. The van der Waals surface area contributed by atoms with Crippen LogP contribution in [0.15, 0.2) is 108 Å². The Morgan fingerprint density at radius 1 is 0.773 bits per heavy atom. The topological polar surface area (TPSA) is 86.8 Å². The average molecular weight is 612 g/mol. The summed E-state index contributed by atoms with van der Waals surface area (Å²) in [6, 6.07) is 30.1. The molecule has 1 N–H and O–H groups in total. The number of rotatable bonds is 13. The van der Waals surface area contributed by atoms with Crippen LogP contribution in [0.2, 0.25) is 0 Å². The van der Waals surface area contributed by atoms with Gasteiger partial charge in [0.25, 0.3) is 10.0 Å². The van der Waals surface area contributed by atoms with E-state index < -0.39 is 28.5 Å². The second kappa shape index (κ2) is 14.8. The third-order valence-corrected chi connectivity index (χ3v) is 9.31. The molecule has 0 bridgehead atoms. The smallest absolute Gasteiger partial charge is 0.264 e. The van der Waals surface area contributed by atoms with Gasteiger partial charge in [-0.05, 0) is 67.6 Å². The molecule has 0 radical (unpaired) electrons. The highest BCUT2D eigenvalue weighted by molar-refractivity contribution is 7.92. The first-order chi connectivity index (χ1) is 21.1. The number of aryl methyl sites for hydroxylation is 3. The van der Waals surface area contributed by atoms with Crippen LogP contribution < -0.4 is 9.62 Å². The van der Waals surface area contributed by atoms with Gasteiger partial charge >= 0.3 is 0 Å². The third kappa shape index (κ3) is 8.14. The molecule has 0 aliphatic carbocycles. The van der Waals surface area contributed by atoms with Gasteiger partial charge in [-0.2, -0.15) is 0 Å². The molecule has 0 fully saturated rings. The quantitative estimate of drug-likeness (QED) is 0.202. The van der Waals surface area contributed by atoms with E-state index in [1.807, 2.05) is 94.4 Å². The molecule has 7 nitrogen and oxygen atoms in total. The van der Waals surface area contributed by atoms with Gasteiger partial charge in [-0.1, -0.05) is 97.4 Å². The summed E-state index contributed by atoms with van der Waals surface area (Å²) in [6.45, 7) is 7.80. The largest absolute Gasteiger partial charge is 0.354 e. The van der Waals surface area contributed by atoms with Crippen molar-refractivity contribution in [1.29, 1.82) is 0 Å². The van der Waals surface area contributed by atoms with Gasteiger partial charge in [0.2, 0.25) is 11.8 Å². The van der Waals surface area contributed by atoms with Crippen molar-refractivity contribution in [1.82, 2.24) is 10.2 Å². The van der Waals surface area contributed by atoms with Crippen LogP contribution in [0.5, 0.6) is 0 Å². The van der Waals surface area contributed by atoms with E-state index in [9.17, 15) is 18.0 Å². The van der Waals surface area contributed by atoms with Crippen molar-refractivity contribution in [2.75, 3.05) is 17.4 Å². The van der Waals surface area contributed by atoms with E-state index in [2.05, 4.69) is 5.32 Å². The minimum absolute atomic E-state index is 0.0836. The van der Waals surface area contributed by atoms with Crippen molar-refractivity contribution in [3.63, 3.8) is 0 Å². The number of nitrogens with one attached hydrogen (secondary N) is 1. The van der Waals surface area contributed by atoms with Gasteiger partial charge in [-0.15, -0.1) is 0 Å². The van der Waals surface area contributed by atoms with Gasteiger partial charge in [0.15, 0.2) is 0 Å². The first kappa shape index (κ1) is 32.5. The molecule has 0 aromatic heterocycles. The Bertz CT molecular complexity index is 1660. The first-order valence-corrected chi connectivity index (χ1v) is 16.4. The van der Waals surface area contributed by atoms with Gasteiger partial charge in [-0.25, -0.2) is 8.42 Å². The summed E-state index contributed by atoms with van der Waals surface area (Å²) in [5.74, 6) is -0.751. The summed E-state index contributed by atoms with van der Waals surface area (Å²) in [7, 11) is -4.13. The Balaban J connectivity index is 1.81. The molecule has 8 heteroatoms. The number of hydrogen-bond acceptors (Lipinski definition) is 4. The molecule has 230 valence electrons. The van der Waals surface area contributed by atoms with Gasteiger partial charge in [0.1, 0.15) is 12.6 Å². The zero-order valence-corrected chi connectivity index (χ0v) is 26.7. The Morgan fingerprint density at radius 2 is 1.39 bits per heavy atom. The maximum absolute atomic E-state index is 14.5.